The molecular formula is C22H30N4O2. The lowest BCUT2D eigenvalue weighted by molar-refractivity contribution is -0.00000534. The largest absolute Gasteiger partial charge is 0.395 e. The van der Waals surface area contributed by atoms with E-state index in [2.05, 4.69) is 20.3 Å². The summed E-state index contributed by atoms with van der Waals surface area (Å²) in [5, 5.41) is 8.40. The average Bonchev–Trinajstić information content (AvgIpc) is 2.60. The van der Waals surface area contributed by atoms with E-state index in [4.69, 9.17) is 9.68 Å². The first kappa shape index (κ1) is 21.5. The second-order valence-electron chi connectivity index (χ2n) is 7.90. The summed E-state index contributed by atoms with van der Waals surface area (Å²) in [4.78, 5) is 20.0. The van der Waals surface area contributed by atoms with Gasteiger partial charge in [0.15, 0.2) is 0 Å². The zero-order valence-electron chi connectivity index (χ0n) is 17.9. The molecule has 0 aliphatic rings. The Morgan fingerprint density at radius 1 is 0.857 bits per heavy atom. The Hall–Kier alpha value is -2.76. The maximum Gasteiger partial charge on any atom is 0.125 e. The smallest absolute Gasteiger partial charge is 0.125 e. The van der Waals surface area contributed by atoms with Crippen molar-refractivity contribution in [3.8, 4) is 0 Å². The fourth-order valence-corrected chi connectivity index (χ4v) is 2.51. The number of hydrogen-bond acceptors (Lipinski definition) is 6. The van der Waals surface area contributed by atoms with Gasteiger partial charge in [0.25, 0.3) is 0 Å². The summed E-state index contributed by atoms with van der Waals surface area (Å²) in [5.74, 6) is 0. The van der Waals surface area contributed by atoms with Gasteiger partial charge < -0.3 is 9.68 Å². The van der Waals surface area contributed by atoms with Crippen LogP contribution in [0.15, 0.2) is 40.6 Å². The number of rotatable bonds is 8. The second kappa shape index (κ2) is 9.44. The molecule has 0 aromatic carbocycles. The Kier molecular flexibility index (Phi) is 7.26. The summed E-state index contributed by atoms with van der Waals surface area (Å²) in [7, 11) is 0. The molecule has 2 rings (SSSR count). The van der Waals surface area contributed by atoms with Gasteiger partial charge in [0.1, 0.15) is 24.6 Å². The van der Waals surface area contributed by atoms with Crippen LogP contribution in [0.2, 0.25) is 0 Å². The lowest BCUT2D eigenvalue weighted by atomic mass is 9.97. The van der Waals surface area contributed by atoms with Gasteiger partial charge in [-0.1, -0.05) is 30.2 Å². The second-order valence-corrected chi connectivity index (χ2v) is 7.90. The quantitative estimate of drug-likeness (QED) is 0.494. The summed E-state index contributed by atoms with van der Waals surface area (Å²) in [6, 6.07) is 9.86. The minimum Gasteiger partial charge on any atom is -0.395 e. The maximum atomic E-state index is 5.56. The first-order chi connectivity index (χ1) is 13.2. The molecule has 0 saturated heterocycles. The van der Waals surface area contributed by atoms with Crippen LogP contribution in [0.4, 0.5) is 0 Å². The third kappa shape index (κ3) is 6.76. The minimum atomic E-state index is -0.246. The lowest BCUT2D eigenvalue weighted by Crippen LogP contribution is -2.24. The van der Waals surface area contributed by atoms with Crippen molar-refractivity contribution in [1.82, 2.24) is 9.97 Å². The Morgan fingerprint density at radius 3 is 2.00 bits per heavy atom. The normalized spacial score (nSPS) is 12.8. The molecule has 0 bridgehead atoms. The third-order valence-corrected chi connectivity index (χ3v) is 4.04. The first-order valence-corrected chi connectivity index (χ1v) is 9.39. The van der Waals surface area contributed by atoms with Gasteiger partial charge in [-0.05, 0) is 64.4 Å². The minimum absolute atomic E-state index is 0.246. The molecule has 2 aromatic rings. The van der Waals surface area contributed by atoms with Crippen LogP contribution in [0, 0.1) is 26.2 Å². The van der Waals surface area contributed by atoms with Crippen LogP contribution in [0.3, 0.4) is 0 Å². The molecule has 0 radical (unpaired) electrons. The summed E-state index contributed by atoms with van der Waals surface area (Å²) in [6.07, 6.45) is 0. The molecule has 28 heavy (non-hydrogen) atoms. The maximum absolute atomic E-state index is 5.56. The SMILES string of the molecule is CC(=NOCC(C)(C)CON=C(C)c1cc(C)cc(C)n1)c1cccc(C)n1. The molecule has 150 valence electrons. The predicted molar refractivity (Wildman–Crippen MR) is 113 cm³/mol. The van der Waals surface area contributed by atoms with E-state index in [1.807, 2.05) is 78.8 Å². The van der Waals surface area contributed by atoms with Crippen molar-refractivity contribution in [3.05, 3.63) is 58.7 Å². The molecule has 0 aliphatic carbocycles. The van der Waals surface area contributed by atoms with Crippen LogP contribution in [-0.2, 0) is 9.68 Å². The van der Waals surface area contributed by atoms with Gasteiger partial charge in [-0.25, -0.2) is 0 Å². The highest BCUT2D eigenvalue weighted by Gasteiger charge is 2.20. The number of aryl methyl sites for hydroxylation is 3. The molecule has 0 saturated carbocycles. The fourth-order valence-electron chi connectivity index (χ4n) is 2.51. The van der Waals surface area contributed by atoms with Gasteiger partial charge in [-0.3, -0.25) is 9.97 Å². The summed E-state index contributed by atoms with van der Waals surface area (Å²) in [6.45, 7) is 14.7. The van der Waals surface area contributed by atoms with Crippen molar-refractivity contribution >= 4 is 11.4 Å². The van der Waals surface area contributed by atoms with Gasteiger partial charge in [0.05, 0.1) is 11.4 Å². The number of aromatic nitrogens is 2. The van der Waals surface area contributed by atoms with Gasteiger partial charge in [0.2, 0.25) is 0 Å². The Bertz CT molecular complexity index is 852. The summed E-state index contributed by atoms with van der Waals surface area (Å²) in [5.41, 5.74) is 5.97. The van der Waals surface area contributed by atoms with E-state index in [0.717, 1.165) is 39.8 Å². The Balaban J connectivity index is 1.88. The molecule has 0 N–H and O–H groups in total. The molecule has 0 fully saturated rings. The van der Waals surface area contributed by atoms with Crippen molar-refractivity contribution in [2.24, 2.45) is 15.7 Å². The summed E-state index contributed by atoms with van der Waals surface area (Å²) < 4.78 is 0. The molecule has 0 spiro atoms. The van der Waals surface area contributed by atoms with Gasteiger partial charge in [-0.2, -0.15) is 0 Å². The third-order valence-electron chi connectivity index (χ3n) is 4.04. The van der Waals surface area contributed by atoms with Crippen molar-refractivity contribution in [2.45, 2.75) is 48.5 Å². The molecule has 6 heteroatoms. The van der Waals surface area contributed by atoms with Crippen molar-refractivity contribution in [1.29, 1.82) is 0 Å². The monoisotopic (exact) mass is 382 g/mol. The standard InChI is InChI=1S/C22H30N4O2/c1-15-11-17(3)24-21(12-15)19(5)26-28-14-22(6,7)13-27-25-18(4)20-10-8-9-16(2)23-20/h8-12H,13-14H2,1-7H3. The van der Waals surface area contributed by atoms with E-state index >= 15 is 0 Å². The Labute approximate surface area is 167 Å². The van der Waals surface area contributed by atoms with Crippen LogP contribution in [0.1, 0.15) is 56.0 Å². The molecule has 6 nitrogen and oxygen atoms in total. The highest BCUT2D eigenvalue weighted by molar-refractivity contribution is 5.97. The highest BCUT2D eigenvalue weighted by Crippen LogP contribution is 2.17. The zero-order valence-corrected chi connectivity index (χ0v) is 17.9. The summed E-state index contributed by atoms with van der Waals surface area (Å²) >= 11 is 0. The highest BCUT2D eigenvalue weighted by atomic mass is 16.6. The molecule has 2 heterocycles. The van der Waals surface area contributed by atoms with Crippen molar-refractivity contribution < 1.29 is 9.68 Å². The zero-order chi connectivity index (χ0) is 20.7. The van der Waals surface area contributed by atoms with Gasteiger partial charge in [0, 0.05) is 16.8 Å². The van der Waals surface area contributed by atoms with Crippen LogP contribution >= 0.6 is 0 Å². The molecular weight excluding hydrogens is 352 g/mol. The lowest BCUT2D eigenvalue weighted by Gasteiger charge is -2.21. The van der Waals surface area contributed by atoms with E-state index in [-0.39, 0.29) is 5.41 Å². The van der Waals surface area contributed by atoms with Gasteiger partial charge in [-0.15, -0.1) is 0 Å². The molecule has 2 aromatic heterocycles. The van der Waals surface area contributed by atoms with Crippen LogP contribution in [0.25, 0.3) is 0 Å². The molecule has 0 unspecified atom stereocenters. The molecule has 0 atom stereocenters. The predicted octanol–water partition coefficient (Wildman–Crippen LogP) is 4.61. The van der Waals surface area contributed by atoms with E-state index in [1.165, 1.54) is 0 Å². The molecule has 0 aliphatic heterocycles. The number of oxime groups is 2. The average molecular weight is 383 g/mol. The fraction of sp³-hybridized carbons (Fsp3) is 0.455. The van der Waals surface area contributed by atoms with E-state index in [1.54, 1.807) is 0 Å². The van der Waals surface area contributed by atoms with Gasteiger partial charge >= 0.3 is 0 Å². The Morgan fingerprint density at radius 2 is 1.43 bits per heavy atom. The van der Waals surface area contributed by atoms with Crippen LogP contribution < -0.4 is 0 Å². The topological polar surface area (TPSA) is 69.0 Å². The van der Waals surface area contributed by atoms with Crippen molar-refractivity contribution in [3.63, 3.8) is 0 Å². The number of pyridine rings is 2. The van der Waals surface area contributed by atoms with Crippen molar-refractivity contribution in [2.75, 3.05) is 13.2 Å². The van der Waals surface area contributed by atoms with E-state index in [0.29, 0.717) is 13.2 Å². The molecule has 0 amide bonds. The van der Waals surface area contributed by atoms with E-state index in [9.17, 15) is 0 Å². The van der Waals surface area contributed by atoms with Crippen LogP contribution in [0.5, 0.6) is 0 Å². The first-order valence-electron chi connectivity index (χ1n) is 9.39. The van der Waals surface area contributed by atoms with E-state index < -0.39 is 0 Å². The number of hydrogen-bond donors (Lipinski definition) is 0. The van der Waals surface area contributed by atoms with Crippen LogP contribution in [-0.4, -0.2) is 34.6 Å². The number of nitrogens with zero attached hydrogens (tertiary/aromatic N) is 4.